The Morgan fingerprint density at radius 2 is 2.54 bits per heavy atom. The van der Waals surface area contributed by atoms with Crippen molar-refractivity contribution in [3.8, 4) is 0 Å². The number of nitrogens with zero attached hydrogens (tertiary/aromatic N) is 2. The molecule has 0 amide bonds. The maximum absolute atomic E-state index is 10.7. The van der Waals surface area contributed by atoms with Gasteiger partial charge >= 0.3 is 5.97 Å². The van der Waals surface area contributed by atoms with E-state index in [1.54, 1.807) is 4.57 Å². The molecule has 3 N–H and O–H groups in total. The van der Waals surface area contributed by atoms with E-state index >= 15 is 0 Å². The van der Waals surface area contributed by atoms with Crippen molar-refractivity contribution < 1.29 is 9.90 Å². The Morgan fingerprint density at radius 3 is 3.23 bits per heavy atom. The molecular weight excluding hydrogens is 170 g/mol. The van der Waals surface area contributed by atoms with Gasteiger partial charge in [0, 0.05) is 19.0 Å². The zero-order valence-electron chi connectivity index (χ0n) is 7.10. The van der Waals surface area contributed by atoms with Crippen LogP contribution in [0, 0.1) is 0 Å². The molecule has 0 saturated carbocycles. The van der Waals surface area contributed by atoms with Gasteiger partial charge in [0.25, 0.3) is 0 Å². The number of aromatic nitrogens is 2. The van der Waals surface area contributed by atoms with Crippen molar-refractivity contribution in [2.45, 2.75) is 25.4 Å². The summed E-state index contributed by atoms with van der Waals surface area (Å²) in [4.78, 5) is 14.8. The van der Waals surface area contributed by atoms with Crippen molar-refractivity contribution in [1.29, 1.82) is 0 Å². The molecule has 70 valence electrons. The summed E-state index contributed by atoms with van der Waals surface area (Å²) >= 11 is 0. The molecule has 0 aromatic carbocycles. The summed E-state index contributed by atoms with van der Waals surface area (Å²) in [6, 6.07) is 0.122. The van der Waals surface area contributed by atoms with E-state index in [9.17, 15) is 4.79 Å². The number of imidazole rings is 1. The summed E-state index contributed by atoms with van der Waals surface area (Å²) in [6.07, 6.45) is 2.90. The topological polar surface area (TPSA) is 81.1 Å². The van der Waals surface area contributed by atoms with Crippen LogP contribution in [0.3, 0.4) is 0 Å². The molecule has 1 aliphatic rings. The molecule has 13 heavy (non-hydrogen) atoms. The first-order valence-electron chi connectivity index (χ1n) is 4.22. The molecule has 0 radical (unpaired) electrons. The third-order valence-corrected chi connectivity index (χ3v) is 2.33. The van der Waals surface area contributed by atoms with Gasteiger partial charge in [0.2, 0.25) is 0 Å². The molecule has 0 saturated heterocycles. The molecular formula is C8H11N3O2. The Morgan fingerprint density at radius 1 is 1.77 bits per heavy atom. The number of hydrogen-bond donors (Lipinski definition) is 2. The minimum atomic E-state index is -0.922. The molecule has 1 aromatic rings. The first kappa shape index (κ1) is 8.25. The van der Waals surface area contributed by atoms with Crippen molar-refractivity contribution in [2.75, 3.05) is 0 Å². The molecule has 1 aromatic heterocycles. The number of carboxylic acids is 1. The molecule has 2 rings (SSSR count). The van der Waals surface area contributed by atoms with Crippen LogP contribution in [0.4, 0.5) is 0 Å². The fraction of sp³-hybridized carbons (Fsp3) is 0.500. The summed E-state index contributed by atoms with van der Waals surface area (Å²) in [5.41, 5.74) is 6.00. The van der Waals surface area contributed by atoms with E-state index in [1.807, 2.05) is 0 Å². The maximum atomic E-state index is 10.7. The number of carboxylic acid groups (broad SMARTS) is 1. The molecule has 1 aliphatic heterocycles. The third kappa shape index (κ3) is 1.31. The lowest BCUT2D eigenvalue weighted by atomic mass is 10.1. The molecule has 2 heterocycles. The number of aromatic carboxylic acids is 1. The Hall–Kier alpha value is -1.36. The van der Waals surface area contributed by atoms with E-state index in [0.29, 0.717) is 13.0 Å². The van der Waals surface area contributed by atoms with Crippen LogP contribution in [-0.2, 0) is 13.0 Å². The Bertz CT molecular complexity index is 345. The van der Waals surface area contributed by atoms with Gasteiger partial charge in [0.05, 0.1) is 6.20 Å². The van der Waals surface area contributed by atoms with Crippen molar-refractivity contribution >= 4 is 5.97 Å². The van der Waals surface area contributed by atoms with Crippen LogP contribution < -0.4 is 5.73 Å². The molecule has 0 spiro atoms. The summed E-state index contributed by atoms with van der Waals surface area (Å²) in [5, 5.41) is 8.80. The van der Waals surface area contributed by atoms with Gasteiger partial charge < -0.3 is 15.4 Å². The Kier molecular flexibility index (Phi) is 1.81. The summed E-state index contributed by atoms with van der Waals surface area (Å²) < 4.78 is 1.73. The zero-order valence-corrected chi connectivity index (χ0v) is 7.10. The largest absolute Gasteiger partial charge is 0.477 e. The normalized spacial score (nSPS) is 21.2. The molecule has 0 fully saturated rings. The molecule has 1 atom stereocenters. The van der Waals surface area contributed by atoms with Crippen molar-refractivity contribution in [3.05, 3.63) is 17.7 Å². The molecule has 5 nitrogen and oxygen atoms in total. The van der Waals surface area contributed by atoms with E-state index in [1.165, 1.54) is 6.20 Å². The lowest BCUT2D eigenvalue weighted by Crippen LogP contribution is -2.31. The average molecular weight is 181 g/mol. The van der Waals surface area contributed by atoms with Gasteiger partial charge in [-0.05, 0) is 6.42 Å². The standard InChI is InChI=1S/C8H11N3O2/c9-5-1-2-11-6(8(12)13)4-10-7(11)3-5/h4-5H,1-3,9H2,(H,12,13). The Balaban J connectivity index is 2.39. The highest BCUT2D eigenvalue weighted by Gasteiger charge is 2.21. The maximum Gasteiger partial charge on any atom is 0.354 e. The van der Waals surface area contributed by atoms with Crippen LogP contribution in [0.2, 0.25) is 0 Å². The highest BCUT2D eigenvalue weighted by Crippen LogP contribution is 2.15. The summed E-state index contributed by atoms with van der Waals surface area (Å²) in [6.45, 7) is 0.665. The van der Waals surface area contributed by atoms with Crippen molar-refractivity contribution in [2.24, 2.45) is 5.73 Å². The quantitative estimate of drug-likeness (QED) is 0.631. The van der Waals surface area contributed by atoms with Gasteiger partial charge in [-0.2, -0.15) is 0 Å². The first-order chi connectivity index (χ1) is 6.18. The van der Waals surface area contributed by atoms with E-state index in [-0.39, 0.29) is 11.7 Å². The summed E-state index contributed by atoms with van der Waals surface area (Å²) in [7, 11) is 0. The zero-order chi connectivity index (χ0) is 9.42. The van der Waals surface area contributed by atoms with E-state index in [4.69, 9.17) is 10.8 Å². The van der Waals surface area contributed by atoms with Gasteiger partial charge in [-0.1, -0.05) is 0 Å². The van der Waals surface area contributed by atoms with Crippen molar-refractivity contribution in [1.82, 2.24) is 9.55 Å². The van der Waals surface area contributed by atoms with Crippen molar-refractivity contribution in [3.63, 3.8) is 0 Å². The lowest BCUT2D eigenvalue weighted by molar-refractivity contribution is 0.0683. The van der Waals surface area contributed by atoms with Crippen LogP contribution in [0.1, 0.15) is 22.7 Å². The number of fused-ring (bicyclic) bond motifs is 1. The smallest absolute Gasteiger partial charge is 0.354 e. The third-order valence-electron chi connectivity index (χ3n) is 2.33. The first-order valence-corrected chi connectivity index (χ1v) is 4.22. The highest BCUT2D eigenvalue weighted by atomic mass is 16.4. The minimum Gasteiger partial charge on any atom is -0.477 e. The highest BCUT2D eigenvalue weighted by molar-refractivity contribution is 5.85. The summed E-state index contributed by atoms with van der Waals surface area (Å²) in [5.74, 6) is -0.134. The predicted octanol–water partition coefficient (Wildman–Crippen LogP) is -0.145. The SMILES string of the molecule is NC1CCn2c(C(=O)O)cnc2C1. The number of carbonyl (C=O) groups is 1. The van der Waals surface area contributed by atoms with Crippen LogP contribution >= 0.6 is 0 Å². The fourth-order valence-corrected chi connectivity index (χ4v) is 1.63. The Labute approximate surface area is 75.2 Å². The van der Waals surface area contributed by atoms with Crippen LogP contribution in [-0.4, -0.2) is 26.7 Å². The molecule has 1 unspecified atom stereocenters. The predicted molar refractivity (Wildman–Crippen MR) is 45.5 cm³/mol. The fourth-order valence-electron chi connectivity index (χ4n) is 1.63. The van der Waals surface area contributed by atoms with Crippen LogP contribution in [0.25, 0.3) is 0 Å². The van der Waals surface area contributed by atoms with E-state index in [0.717, 1.165) is 12.2 Å². The molecule has 0 bridgehead atoms. The minimum absolute atomic E-state index is 0.122. The van der Waals surface area contributed by atoms with E-state index < -0.39 is 5.97 Å². The van der Waals surface area contributed by atoms with Crippen LogP contribution in [0.5, 0.6) is 0 Å². The second-order valence-electron chi connectivity index (χ2n) is 3.27. The number of nitrogens with two attached hydrogens (primary N) is 1. The van der Waals surface area contributed by atoms with Crippen LogP contribution in [0.15, 0.2) is 6.20 Å². The monoisotopic (exact) mass is 181 g/mol. The van der Waals surface area contributed by atoms with Gasteiger partial charge in [0.1, 0.15) is 11.5 Å². The van der Waals surface area contributed by atoms with Gasteiger partial charge in [0.15, 0.2) is 0 Å². The number of hydrogen-bond acceptors (Lipinski definition) is 3. The average Bonchev–Trinajstić information content (AvgIpc) is 2.46. The second-order valence-corrected chi connectivity index (χ2v) is 3.27. The second kappa shape index (κ2) is 2.85. The lowest BCUT2D eigenvalue weighted by Gasteiger charge is -2.20. The number of rotatable bonds is 1. The van der Waals surface area contributed by atoms with Gasteiger partial charge in [-0.3, -0.25) is 0 Å². The molecule has 5 heteroatoms. The molecule has 0 aliphatic carbocycles. The van der Waals surface area contributed by atoms with Gasteiger partial charge in [-0.25, -0.2) is 9.78 Å². The van der Waals surface area contributed by atoms with E-state index in [2.05, 4.69) is 4.98 Å². The van der Waals surface area contributed by atoms with Gasteiger partial charge in [-0.15, -0.1) is 0 Å².